The molecular weight excluding hydrogens is 123 g/mol. The van der Waals surface area contributed by atoms with Crippen LogP contribution in [0.15, 0.2) is 0 Å². The molecule has 0 radical (unpaired) electrons. The van der Waals surface area contributed by atoms with Crippen LogP contribution in [0.3, 0.4) is 0 Å². The Morgan fingerprint density at radius 2 is 2.44 bits per heavy atom. The lowest BCUT2D eigenvalue weighted by atomic mass is 10.2. The van der Waals surface area contributed by atoms with Crippen LogP contribution in [0.4, 0.5) is 4.39 Å². The van der Waals surface area contributed by atoms with Gasteiger partial charge in [-0.15, -0.1) is 0 Å². The lowest BCUT2D eigenvalue weighted by Gasteiger charge is -2.20. The molecule has 0 saturated carbocycles. The third-order valence-corrected chi connectivity index (χ3v) is 1.63. The van der Waals surface area contributed by atoms with E-state index in [9.17, 15) is 4.39 Å². The normalized spacial score (nSPS) is 43.7. The minimum atomic E-state index is -1.13. The predicted molar refractivity (Wildman–Crippen MR) is 30.6 cm³/mol. The molecule has 0 aromatic rings. The summed E-state index contributed by atoms with van der Waals surface area (Å²) in [6.45, 7) is 1.74. The van der Waals surface area contributed by atoms with Crippen molar-refractivity contribution in [3.8, 4) is 0 Å². The zero-order valence-corrected chi connectivity index (χ0v) is 5.69. The molecule has 2 nitrogen and oxygen atoms in total. The van der Waals surface area contributed by atoms with Gasteiger partial charge in [-0.25, -0.2) is 4.39 Å². The molecular formula is C6H11FO2. The summed E-state index contributed by atoms with van der Waals surface area (Å²) >= 11 is 0. The molecule has 1 heterocycles. The van der Waals surface area contributed by atoms with E-state index < -0.39 is 12.1 Å². The molecule has 1 aliphatic heterocycles. The van der Waals surface area contributed by atoms with Gasteiger partial charge in [-0.1, -0.05) is 0 Å². The smallest absolute Gasteiger partial charge is 0.202 e. The highest BCUT2D eigenvalue weighted by molar-refractivity contribution is 4.71. The van der Waals surface area contributed by atoms with Crippen molar-refractivity contribution in [2.24, 2.45) is 0 Å². The average molecular weight is 134 g/mol. The molecule has 1 saturated heterocycles. The molecule has 54 valence electrons. The Bertz CT molecular complexity index is 107. The number of hydrogen-bond acceptors (Lipinski definition) is 2. The maximum absolute atomic E-state index is 12.3. The number of rotatable bonds is 1. The molecule has 2 unspecified atom stereocenters. The molecule has 0 N–H and O–H groups in total. The third-order valence-electron chi connectivity index (χ3n) is 1.63. The first-order valence-corrected chi connectivity index (χ1v) is 3.03. The molecule has 9 heavy (non-hydrogen) atoms. The Morgan fingerprint density at radius 1 is 1.78 bits per heavy atom. The second-order valence-electron chi connectivity index (χ2n) is 2.40. The highest BCUT2D eigenvalue weighted by atomic mass is 19.1. The van der Waals surface area contributed by atoms with Crippen molar-refractivity contribution >= 4 is 0 Å². The standard InChI is InChI=1S/C6H11FO2/c1-6(8-2)4-3-5(7)9-6/h5H,3-4H2,1-2H3. The van der Waals surface area contributed by atoms with E-state index in [1.165, 1.54) is 7.11 Å². The SMILES string of the molecule is COC1(C)CCC(F)O1. The zero-order valence-electron chi connectivity index (χ0n) is 5.69. The summed E-state index contributed by atoms with van der Waals surface area (Å²) in [5.41, 5.74) is 0. The van der Waals surface area contributed by atoms with Crippen LogP contribution < -0.4 is 0 Å². The molecule has 0 spiro atoms. The summed E-state index contributed by atoms with van der Waals surface area (Å²) < 4.78 is 22.0. The van der Waals surface area contributed by atoms with Gasteiger partial charge in [0.05, 0.1) is 0 Å². The van der Waals surface area contributed by atoms with Gasteiger partial charge in [0.1, 0.15) is 0 Å². The van der Waals surface area contributed by atoms with Crippen LogP contribution in [0.25, 0.3) is 0 Å². The van der Waals surface area contributed by atoms with Gasteiger partial charge in [-0.05, 0) is 6.92 Å². The first-order valence-electron chi connectivity index (χ1n) is 3.03. The maximum atomic E-state index is 12.3. The van der Waals surface area contributed by atoms with Crippen LogP contribution in [-0.4, -0.2) is 19.3 Å². The minimum Gasteiger partial charge on any atom is -0.353 e. The Labute approximate surface area is 54.0 Å². The maximum Gasteiger partial charge on any atom is 0.202 e. The van der Waals surface area contributed by atoms with Crippen molar-refractivity contribution in [2.75, 3.05) is 7.11 Å². The fourth-order valence-corrected chi connectivity index (χ4v) is 0.914. The van der Waals surface area contributed by atoms with Crippen molar-refractivity contribution < 1.29 is 13.9 Å². The largest absolute Gasteiger partial charge is 0.353 e. The van der Waals surface area contributed by atoms with Crippen molar-refractivity contribution in [2.45, 2.75) is 31.9 Å². The van der Waals surface area contributed by atoms with Crippen LogP contribution in [0.2, 0.25) is 0 Å². The summed E-state index contributed by atoms with van der Waals surface area (Å²) in [6.07, 6.45) is -0.0374. The van der Waals surface area contributed by atoms with Crippen molar-refractivity contribution in [1.82, 2.24) is 0 Å². The summed E-state index contributed by atoms with van der Waals surface area (Å²) in [6, 6.07) is 0. The fourth-order valence-electron chi connectivity index (χ4n) is 0.914. The van der Waals surface area contributed by atoms with Crippen LogP contribution in [0, 0.1) is 0 Å². The van der Waals surface area contributed by atoms with E-state index in [-0.39, 0.29) is 0 Å². The van der Waals surface area contributed by atoms with E-state index >= 15 is 0 Å². The monoisotopic (exact) mass is 134 g/mol. The third kappa shape index (κ3) is 1.40. The van der Waals surface area contributed by atoms with Gasteiger partial charge in [-0.3, -0.25) is 0 Å². The Hall–Kier alpha value is -0.150. The molecule has 1 fully saturated rings. The van der Waals surface area contributed by atoms with Gasteiger partial charge in [0.15, 0.2) is 5.79 Å². The van der Waals surface area contributed by atoms with Gasteiger partial charge in [0.25, 0.3) is 0 Å². The first kappa shape index (κ1) is 6.96. The summed E-state index contributed by atoms with van der Waals surface area (Å²) in [4.78, 5) is 0. The van der Waals surface area contributed by atoms with E-state index in [0.29, 0.717) is 12.8 Å². The zero-order chi connectivity index (χ0) is 6.91. The lowest BCUT2D eigenvalue weighted by molar-refractivity contribution is -0.221. The van der Waals surface area contributed by atoms with E-state index in [1.807, 2.05) is 0 Å². The van der Waals surface area contributed by atoms with Crippen LogP contribution >= 0.6 is 0 Å². The predicted octanol–water partition coefficient (Wildman–Crippen LogP) is 1.46. The summed E-state index contributed by atoms with van der Waals surface area (Å²) in [7, 11) is 1.53. The van der Waals surface area contributed by atoms with Crippen LogP contribution in [0.5, 0.6) is 0 Å². The van der Waals surface area contributed by atoms with Gasteiger partial charge < -0.3 is 9.47 Å². The summed E-state index contributed by atoms with van der Waals surface area (Å²) in [5.74, 6) is -0.667. The first-order chi connectivity index (χ1) is 4.16. The number of alkyl halides is 1. The van der Waals surface area contributed by atoms with Gasteiger partial charge in [0.2, 0.25) is 6.36 Å². The molecule has 0 amide bonds. The quantitative estimate of drug-likeness (QED) is 0.540. The lowest BCUT2D eigenvalue weighted by Crippen LogP contribution is -2.25. The molecule has 2 atom stereocenters. The summed E-state index contributed by atoms with van der Waals surface area (Å²) in [5, 5.41) is 0. The van der Waals surface area contributed by atoms with E-state index in [2.05, 4.69) is 0 Å². The number of ether oxygens (including phenoxy) is 2. The fraction of sp³-hybridized carbons (Fsp3) is 1.00. The second-order valence-corrected chi connectivity index (χ2v) is 2.40. The second kappa shape index (κ2) is 2.23. The minimum absolute atomic E-state index is 0.449. The van der Waals surface area contributed by atoms with Gasteiger partial charge in [-0.2, -0.15) is 0 Å². The van der Waals surface area contributed by atoms with Crippen molar-refractivity contribution in [3.63, 3.8) is 0 Å². The van der Waals surface area contributed by atoms with E-state index in [0.717, 1.165) is 0 Å². The van der Waals surface area contributed by atoms with Crippen LogP contribution in [0.1, 0.15) is 19.8 Å². The van der Waals surface area contributed by atoms with Crippen molar-refractivity contribution in [1.29, 1.82) is 0 Å². The Balaban J connectivity index is 2.45. The molecule has 1 aliphatic rings. The average Bonchev–Trinajstić information content (AvgIpc) is 2.13. The van der Waals surface area contributed by atoms with Crippen LogP contribution in [-0.2, 0) is 9.47 Å². The number of methoxy groups -OCH3 is 1. The molecule has 1 rings (SSSR count). The van der Waals surface area contributed by atoms with Gasteiger partial charge >= 0.3 is 0 Å². The van der Waals surface area contributed by atoms with Gasteiger partial charge in [0, 0.05) is 20.0 Å². The molecule has 0 bridgehead atoms. The molecule has 3 heteroatoms. The van der Waals surface area contributed by atoms with E-state index in [4.69, 9.17) is 9.47 Å². The molecule has 0 aromatic carbocycles. The number of hydrogen-bond donors (Lipinski definition) is 0. The highest BCUT2D eigenvalue weighted by Crippen LogP contribution is 2.30. The topological polar surface area (TPSA) is 18.5 Å². The Morgan fingerprint density at radius 3 is 2.67 bits per heavy atom. The molecule has 0 aromatic heterocycles. The van der Waals surface area contributed by atoms with Crippen molar-refractivity contribution in [3.05, 3.63) is 0 Å². The Kier molecular flexibility index (Phi) is 1.73. The van der Waals surface area contributed by atoms with E-state index in [1.54, 1.807) is 6.92 Å². The number of halogens is 1. The molecule has 0 aliphatic carbocycles. The highest BCUT2D eigenvalue weighted by Gasteiger charge is 2.35.